The SMILES string of the molecule is Cc1cc(C(F)(F)F)c2c(O)n3c(c2c1)CNCC3. The highest BCUT2D eigenvalue weighted by Crippen LogP contribution is 2.42. The van der Waals surface area contributed by atoms with Crippen molar-refractivity contribution in [3.05, 3.63) is 29.0 Å². The summed E-state index contributed by atoms with van der Waals surface area (Å²) in [4.78, 5) is 0. The smallest absolute Gasteiger partial charge is 0.417 e. The third-order valence-corrected chi connectivity index (χ3v) is 3.51. The minimum absolute atomic E-state index is 0.0863. The van der Waals surface area contributed by atoms with Crippen molar-refractivity contribution >= 4 is 10.8 Å². The lowest BCUT2D eigenvalue weighted by Crippen LogP contribution is -2.27. The van der Waals surface area contributed by atoms with Crippen LogP contribution in [0, 0.1) is 6.92 Å². The summed E-state index contributed by atoms with van der Waals surface area (Å²) in [5.74, 6) is -0.279. The van der Waals surface area contributed by atoms with Gasteiger partial charge in [-0.15, -0.1) is 0 Å². The molecule has 102 valence electrons. The zero-order valence-corrected chi connectivity index (χ0v) is 10.3. The molecule has 0 aliphatic carbocycles. The zero-order chi connectivity index (χ0) is 13.8. The number of benzene rings is 1. The first-order valence-electron chi connectivity index (χ1n) is 6.02. The fraction of sp³-hybridized carbons (Fsp3) is 0.385. The number of alkyl halides is 3. The number of nitrogens with zero attached hydrogens (tertiary/aromatic N) is 1. The largest absolute Gasteiger partial charge is 0.494 e. The number of hydrogen-bond donors (Lipinski definition) is 2. The fourth-order valence-electron chi connectivity index (χ4n) is 2.72. The lowest BCUT2D eigenvalue weighted by molar-refractivity contribution is -0.136. The van der Waals surface area contributed by atoms with Gasteiger partial charge in [0.05, 0.1) is 10.9 Å². The van der Waals surface area contributed by atoms with Crippen molar-refractivity contribution in [2.24, 2.45) is 0 Å². The van der Waals surface area contributed by atoms with Gasteiger partial charge in [0, 0.05) is 30.7 Å². The zero-order valence-electron chi connectivity index (χ0n) is 10.3. The normalized spacial score (nSPS) is 15.8. The van der Waals surface area contributed by atoms with E-state index in [-0.39, 0.29) is 11.3 Å². The monoisotopic (exact) mass is 270 g/mol. The lowest BCUT2D eigenvalue weighted by atomic mass is 10.0. The fourth-order valence-corrected chi connectivity index (χ4v) is 2.72. The number of aromatic nitrogens is 1. The molecule has 0 fully saturated rings. The molecule has 2 N–H and O–H groups in total. The van der Waals surface area contributed by atoms with Gasteiger partial charge in [-0.3, -0.25) is 0 Å². The molecule has 0 atom stereocenters. The lowest BCUT2D eigenvalue weighted by Gasteiger charge is -2.17. The van der Waals surface area contributed by atoms with Gasteiger partial charge in [0.15, 0.2) is 5.88 Å². The summed E-state index contributed by atoms with van der Waals surface area (Å²) in [6, 6.07) is 2.78. The summed E-state index contributed by atoms with van der Waals surface area (Å²) in [5.41, 5.74) is 0.494. The number of rotatable bonds is 0. The van der Waals surface area contributed by atoms with Crippen molar-refractivity contribution < 1.29 is 18.3 Å². The maximum Gasteiger partial charge on any atom is 0.417 e. The summed E-state index contributed by atoms with van der Waals surface area (Å²) >= 11 is 0. The Morgan fingerprint density at radius 3 is 2.74 bits per heavy atom. The highest BCUT2D eigenvalue weighted by Gasteiger charge is 2.36. The van der Waals surface area contributed by atoms with Gasteiger partial charge in [0.2, 0.25) is 0 Å². The minimum Gasteiger partial charge on any atom is -0.494 e. The van der Waals surface area contributed by atoms with Gasteiger partial charge in [-0.25, -0.2) is 0 Å². The van der Waals surface area contributed by atoms with Crippen LogP contribution in [0.1, 0.15) is 16.8 Å². The highest BCUT2D eigenvalue weighted by molar-refractivity contribution is 5.94. The van der Waals surface area contributed by atoms with Gasteiger partial charge in [0.1, 0.15) is 0 Å². The van der Waals surface area contributed by atoms with Gasteiger partial charge in [0.25, 0.3) is 0 Å². The van der Waals surface area contributed by atoms with Crippen LogP contribution in [0.15, 0.2) is 12.1 Å². The van der Waals surface area contributed by atoms with E-state index in [9.17, 15) is 18.3 Å². The van der Waals surface area contributed by atoms with Crippen LogP contribution < -0.4 is 5.32 Å². The molecule has 6 heteroatoms. The molecule has 0 saturated heterocycles. The van der Waals surface area contributed by atoms with E-state index >= 15 is 0 Å². The summed E-state index contributed by atoms with van der Waals surface area (Å²) in [7, 11) is 0. The highest BCUT2D eigenvalue weighted by atomic mass is 19.4. The first kappa shape index (κ1) is 12.3. The molecule has 2 heterocycles. The van der Waals surface area contributed by atoms with Gasteiger partial charge in [-0.2, -0.15) is 13.2 Å². The second kappa shape index (κ2) is 3.90. The van der Waals surface area contributed by atoms with Crippen molar-refractivity contribution in [3.8, 4) is 5.88 Å². The van der Waals surface area contributed by atoms with E-state index in [0.29, 0.717) is 36.3 Å². The third-order valence-electron chi connectivity index (χ3n) is 3.51. The van der Waals surface area contributed by atoms with Crippen LogP contribution >= 0.6 is 0 Å². The van der Waals surface area contributed by atoms with Gasteiger partial charge >= 0.3 is 6.18 Å². The predicted octanol–water partition coefficient (Wildman–Crippen LogP) is 2.78. The van der Waals surface area contributed by atoms with E-state index in [1.165, 1.54) is 0 Å². The number of halogens is 3. The molecule has 0 spiro atoms. The van der Waals surface area contributed by atoms with Gasteiger partial charge in [-0.05, 0) is 24.6 Å². The summed E-state index contributed by atoms with van der Waals surface area (Å²) in [5, 5.41) is 13.6. The molecule has 2 aromatic rings. The van der Waals surface area contributed by atoms with Crippen molar-refractivity contribution in [3.63, 3.8) is 0 Å². The van der Waals surface area contributed by atoms with Crippen LogP contribution in [0.3, 0.4) is 0 Å². The molecule has 3 rings (SSSR count). The van der Waals surface area contributed by atoms with Crippen LogP contribution in [0.2, 0.25) is 0 Å². The molecule has 0 unspecified atom stereocenters. The minimum atomic E-state index is -4.47. The molecule has 1 aliphatic heterocycles. The van der Waals surface area contributed by atoms with Gasteiger partial charge in [-0.1, -0.05) is 0 Å². The molecule has 19 heavy (non-hydrogen) atoms. The Labute approximate surface area is 107 Å². The number of hydrogen-bond acceptors (Lipinski definition) is 2. The van der Waals surface area contributed by atoms with Crippen molar-refractivity contribution in [1.29, 1.82) is 0 Å². The van der Waals surface area contributed by atoms with Crippen LogP contribution in [0.5, 0.6) is 5.88 Å². The molecule has 1 aliphatic rings. The van der Waals surface area contributed by atoms with E-state index in [4.69, 9.17) is 0 Å². The number of aryl methyl sites for hydroxylation is 1. The number of fused-ring (bicyclic) bond motifs is 3. The second-order valence-corrected chi connectivity index (χ2v) is 4.83. The van der Waals surface area contributed by atoms with E-state index in [0.717, 1.165) is 6.07 Å². The molecular weight excluding hydrogens is 257 g/mol. The first-order valence-corrected chi connectivity index (χ1v) is 6.02. The topological polar surface area (TPSA) is 37.2 Å². The van der Waals surface area contributed by atoms with E-state index < -0.39 is 11.7 Å². The van der Waals surface area contributed by atoms with Gasteiger partial charge < -0.3 is 15.0 Å². The van der Waals surface area contributed by atoms with Crippen LogP contribution in [0.25, 0.3) is 10.8 Å². The maximum absolute atomic E-state index is 13.1. The Morgan fingerprint density at radius 1 is 1.32 bits per heavy atom. The average molecular weight is 270 g/mol. The molecule has 0 bridgehead atoms. The number of aromatic hydroxyl groups is 1. The summed E-state index contributed by atoms with van der Waals surface area (Å²) in [6.45, 7) is 3.22. The van der Waals surface area contributed by atoms with Crippen LogP contribution in [-0.4, -0.2) is 16.2 Å². The van der Waals surface area contributed by atoms with Crippen molar-refractivity contribution in [2.75, 3.05) is 6.54 Å². The maximum atomic E-state index is 13.1. The Bertz CT molecular complexity index is 658. The standard InChI is InChI=1S/C13H13F3N2O/c1-7-4-8-10-6-17-2-3-18(10)12(19)11(8)9(5-7)13(14,15)16/h4-5,17,19H,2-3,6H2,1H3. The molecule has 0 radical (unpaired) electrons. The summed E-state index contributed by atoms with van der Waals surface area (Å²) < 4.78 is 40.9. The van der Waals surface area contributed by atoms with E-state index in [2.05, 4.69) is 5.32 Å². The molecule has 0 amide bonds. The molecule has 1 aromatic carbocycles. The van der Waals surface area contributed by atoms with Crippen molar-refractivity contribution in [2.45, 2.75) is 26.2 Å². The second-order valence-electron chi connectivity index (χ2n) is 4.83. The molecule has 1 aromatic heterocycles. The number of nitrogens with one attached hydrogen (secondary N) is 1. The van der Waals surface area contributed by atoms with Crippen molar-refractivity contribution in [1.82, 2.24) is 9.88 Å². The quantitative estimate of drug-likeness (QED) is 0.772. The van der Waals surface area contributed by atoms with E-state index in [1.54, 1.807) is 17.6 Å². The predicted molar refractivity (Wildman–Crippen MR) is 65.0 cm³/mol. The molecule has 0 saturated carbocycles. The van der Waals surface area contributed by atoms with Crippen LogP contribution in [-0.2, 0) is 19.3 Å². The Kier molecular flexibility index (Phi) is 2.53. The third kappa shape index (κ3) is 1.78. The molecule has 3 nitrogen and oxygen atoms in total. The Hall–Kier alpha value is -1.69. The first-order chi connectivity index (χ1) is 8.89. The Balaban J connectivity index is 2.43. The Morgan fingerprint density at radius 2 is 2.05 bits per heavy atom. The molecular formula is C13H13F3N2O. The average Bonchev–Trinajstić information content (AvgIpc) is 2.62. The summed E-state index contributed by atoms with van der Waals surface area (Å²) in [6.07, 6.45) is -4.47. The van der Waals surface area contributed by atoms with E-state index in [1.807, 2.05) is 0 Å². The van der Waals surface area contributed by atoms with Crippen LogP contribution in [0.4, 0.5) is 13.2 Å².